The van der Waals surface area contributed by atoms with Gasteiger partial charge in [0.05, 0.1) is 31.7 Å². The molecular formula is C61H84N16O16STc. The van der Waals surface area contributed by atoms with Gasteiger partial charge in [0.25, 0.3) is 0 Å². The van der Waals surface area contributed by atoms with E-state index in [1.165, 1.54) is 36.1 Å². The Balaban J connectivity index is 0.0000123. The maximum atomic E-state index is 14.3. The molecule has 0 aliphatic rings. The first-order valence-electron chi connectivity index (χ1n) is 29.5. The van der Waals surface area contributed by atoms with Gasteiger partial charge < -0.3 is 74.4 Å². The Bertz CT molecular complexity index is 3150. The number of rotatable bonds is 40. The normalized spacial score (nSPS) is 12.7. The van der Waals surface area contributed by atoms with Crippen molar-refractivity contribution in [1.82, 2.24) is 72.7 Å². The van der Waals surface area contributed by atoms with Crippen molar-refractivity contribution < 1.29 is 96.7 Å². The fourth-order valence-electron chi connectivity index (χ4n) is 9.11. The van der Waals surface area contributed by atoms with E-state index in [1.54, 1.807) is 62.6 Å². The Morgan fingerprint density at radius 3 is 1.85 bits per heavy atom. The number of aliphatic carboxylic acids is 1. The van der Waals surface area contributed by atoms with Crippen LogP contribution < -0.4 is 59.3 Å². The molecule has 34 heteroatoms. The van der Waals surface area contributed by atoms with Crippen LogP contribution >= 0.6 is 11.8 Å². The first-order valence-corrected chi connectivity index (χ1v) is 30.9. The number of para-hydroxylation sites is 1. The van der Waals surface area contributed by atoms with E-state index >= 15 is 0 Å². The third-order valence-electron chi connectivity index (χ3n) is 13.7. The van der Waals surface area contributed by atoms with Crippen LogP contribution in [0, 0.1) is 31.8 Å². The number of carbonyl (C=O) groups is 12. The molecule has 0 saturated heterocycles. The number of unbranched alkanes of at least 4 members (excludes halogenated alkanes) is 1. The Hall–Kier alpha value is -9.06. The first kappa shape index (κ1) is 85.9. The molecule has 0 saturated carbocycles. The van der Waals surface area contributed by atoms with Gasteiger partial charge in [-0.2, -0.15) is 11.8 Å². The van der Waals surface area contributed by atoms with Crippen LogP contribution in [0.5, 0.6) is 0 Å². The zero-order valence-corrected chi connectivity index (χ0v) is 56.2. The van der Waals surface area contributed by atoms with Gasteiger partial charge in [-0.05, 0) is 86.6 Å². The van der Waals surface area contributed by atoms with Crippen molar-refractivity contribution >= 4 is 93.6 Å². The fourth-order valence-corrected chi connectivity index (χ4v) is 9.58. The molecule has 0 aliphatic carbocycles. The van der Waals surface area contributed by atoms with Gasteiger partial charge in [0.1, 0.15) is 42.3 Å². The van der Waals surface area contributed by atoms with Crippen LogP contribution in [-0.4, -0.2) is 181 Å². The number of carboxylic acids is 1. The summed E-state index contributed by atoms with van der Waals surface area (Å²) in [5.74, 6) is -9.28. The summed E-state index contributed by atoms with van der Waals surface area (Å²) in [7, 11) is 0. The molecule has 3 aromatic heterocycles. The molecule has 95 heavy (non-hydrogen) atoms. The molecule has 7 atom stereocenters. The molecule has 0 unspecified atom stereocenters. The summed E-state index contributed by atoms with van der Waals surface area (Å²) in [6.07, 6.45) is 7.99. The third kappa shape index (κ3) is 33.6. The minimum absolute atomic E-state index is 0. The van der Waals surface area contributed by atoms with Crippen LogP contribution in [0.15, 0.2) is 67.4 Å². The van der Waals surface area contributed by atoms with Crippen molar-refractivity contribution in [3.63, 3.8) is 0 Å². The van der Waals surface area contributed by atoms with E-state index in [-0.39, 0.29) is 97.0 Å². The number of benzene rings is 1. The average molecular weight is 1430 g/mol. The number of imidazole rings is 1. The van der Waals surface area contributed by atoms with Gasteiger partial charge in [-0.25, -0.2) is 4.98 Å². The maximum absolute atomic E-state index is 14.3. The van der Waals surface area contributed by atoms with Gasteiger partial charge in [-0.1, -0.05) is 52.0 Å². The molecule has 4 rings (SSSR count). The second kappa shape index (κ2) is 47.8. The predicted octanol–water partition coefficient (Wildman–Crippen LogP) is -1.43. The topological polar surface area (TPSA) is 506 Å². The minimum atomic E-state index is -1.39. The number of hydrogen-bond donors (Lipinski definition) is 14. The number of nitrogens with zero attached hydrogens (tertiary/aromatic N) is 3. The van der Waals surface area contributed by atoms with Crippen molar-refractivity contribution in [2.24, 2.45) is 23.3 Å². The number of pyridine rings is 1. The van der Waals surface area contributed by atoms with Crippen LogP contribution in [0.4, 0.5) is 0 Å². The predicted molar refractivity (Wildman–Crippen MR) is 337 cm³/mol. The van der Waals surface area contributed by atoms with Crippen LogP contribution in [0.2, 0.25) is 0 Å². The summed E-state index contributed by atoms with van der Waals surface area (Å²) in [4.78, 5) is 174. The fraction of sp³-hybridized carbons (Fsp3) is 0.492. The molecule has 0 aliphatic heterocycles. The molecule has 4 aromatic rings. The standard InChI is InChI=1S/C58H84N16O13S.3CO.Tc/c1-33(2)23-43(56(85)70-41(52(60)81)19-22-88-6)71-57(86)45(25-38-27-61-32-66-38)69-48(77)28-65-58(87)51(34(3)4)73-53(82)35(5)67-55(84)44(24-36-26-64-40-15-8-7-14-39(36)40)72-54(83)42(17-18-46(59)75)68-47(76)16-10-12-21-63-49(78)30-74(31-50(79)80)29-37-13-9-11-20-62-37;3*1-2;/h7-9,11,13-15,20,26-27,32-35,41-45,51,64H,10,12,16-19,21-25,28-31H2,1-6H3,(H2,59,75)(H2,60,81)(H,61,66)(H,63,78)(H,65,87)(H,67,84)(H,68,76)(H,69,77)(H,70,85)(H,71,86)(H,72,83)(H,73,82)(H,79,80);;;;/t35-,41-,42-,43-,44-,45-,51-;;;;/m0..../s1/i;;;;1+1. The average Bonchev–Trinajstić information content (AvgIpc) is 1.81. The zero-order chi connectivity index (χ0) is 70.9. The van der Waals surface area contributed by atoms with E-state index in [9.17, 15) is 62.6 Å². The van der Waals surface area contributed by atoms with Gasteiger partial charge in [0.15, 0.2) is 0 Å². The van der Waals surface area contributed by atoms with Crippen molar-refractivity contribution in [2.75, 3.05) is 38.2 Å². The van der Waals surface area contributed by atoms with E-state index in [2.05, 4.69) is 87.7 Å². The molecule has 16 N–H and O–H groups in total. The summed E-state index contributed by atoms with van der Waals surface area (Å²) in [6.45, 7) is 20.8. The number of H-pyrrole nitrogens is 2. The molecule has 0 spiro atoms. The number of nitrogens with two attached hydrogens (primary N) is 2. The molecule has 517 valence electrons. The molecule has 3 heterocycles. The number of carbonyl (C=O) groups excluding carboxylic acids is 11. The van der Waals surface area contributed by atoms with Crippen molar-refractivity contribution in [1.29, 1.82) is 0 Å². The van der Waals surface area contributed by atoms with E-state index in [4.69, 9.17) is 25.4 Å². The summed E-state index contributed by atoms with van der Waals surface area (Å²) < 4.78 is 22.5. The van der Waals surface area contributed by atoms with E-state index in [0.29, 0.717) is 29.1 Å². The number of carboxylic acid groups (broad SMARTS) is 1. The third-order valence-corrected chi connectivity index (χ3v) is 14.4. The van der Waals surface area contributed by atoms with Crippen LogP contribution in [0.25, 0.3) is 10.9 Å². The number of aromatic nitrogens is 4. The van der Waals surface area contributed by atoms with Crippen molar-refractivity contribution in [2.45, 2.75) is 141 Å². The van der Waals surface area contributed by atoms with Crippen LogP contribution in [0.1, 0.15) is 96.5 Å². The van der Waals surface area contributed by atoms with Gasteiger partial charge in [-0.3, -0.25) is 67.4 Å². The molecule has 0 fully saturated rings. The molecule has 1 aromatic carbocycles. The Morgan fingerprint density at radius 1 is 0.642 bits per heavy atom. The monoisotopic (exact) mass is 1430 g/mol. The quantitative estimate of drug-likeness (QED) is 0.0138. The SMILES string of the molecule is CSCC[C@H](NC(=O)[C@H](CC(C)C)NC(=O)[C@H](Cc1cnc[nH]1)NC(=O)CNC(=O)[C@@H](NC(=O)[C@H](C)NC(=O)[C@H](Cc1c[nH]c2ccccc12)NC(=O)[C@H](CCC(N)=O)NC(=O)CCCCNC(=O)CN(CC(=O)O)Cc1ccccn1)C(C)C)C(N)=O.[99Tc].[C-]#[O+].[C-]#[O+].[C-]#[O+]. The number of primary amides is 2. The number of nitrogens with one attached hydrogen (secondary N) is 11. The molecule has 0 bridgehead atoms. The number of thioether (sulfide) groups is 1. The number of aromatic amines is 2. The van der Waals surface area contributed by atoms with E-state index in [1.807, 2.05) is 26.2 Å². The van der Waals surface area contributed by atoms with Crippen LogP contribution in [0.3, 0.4) is 0 Å². The second-order valence-corrected chi connectivity index (χ2v) is 22.9. The summed E-state index contributed by atoms with van der Waals surface area (Å²) in [5, 5.41) is 33.7. The van der Waals surface area contributed by atoms with Gasteiger partial charge in [0, 0.05) is 94.1 Å². The van der Waals surface area contributed by atoms with Gasteiger partial charge >= 0.3 is 39.9 Å². The first-order chi connectivity index (χ1) is 44.8. The zero-order valence-electron chi connectivity index (χ0n) is 53.5. The van der Waals surface area contributed by atoms with E-state index in [0.717, 1.165) is 10.9 Å². The van der Waals surface area contributed by atoms with Crippen LogP contribution in [-0.2, 0) is 111 Å². The van der Waals surface area contributed by atoms with Crippen molar-refractivity contribution in [3.05, 3.63) is 104 Å². The molecule has 11 amide bonds. The van der Waals surface area contributed by atoms with Gasteiger partial charge in [-0.15, -0.1) is 0 Å². The molecular weight excluding hydrogens is 1340 g/mol. The Morgan fingerprint density at radius 2 is 1.25 bits per heavy atom. The van der Waals surface area contributed by atoms with Gasteiger partial charge in [0.2, 0.25) is 65.0 Å². The summed E-state index contributed by atoms with van der Waals surface area (Å²) in [6, 6.07) is 3.61. The molecule has 32 nitrogen and oxygen atoms in total. The van der Waals surface area contributed by atoms with E-state index < -0.39 is 132 Å². The Labute approximate surface area is 567 Å². The van der Waals surface area contributed by atoms with Crippen molar-refractivity contribution in [3.8, 4) is 0 Å². The number of fused-ring (bicyclic) bond motifs is 1. The number of hydrogen-bond acceptors (Lipinski definition) is 16. The Kier molecular flexibility index (Phi) is 43.2. The number of amides is 11. The second-order valence-electron chi connectivity index (χ2n) is 21.9. The summed E-state index contributed by atoms with van der Waals surface area (Å²) in [5.41, 5.74) is 13.4. The summed E-state index contributed by atoms with van der Waals surface area (Å²) >= 11 is 1.46. The molecule has 1 radical (unpaired) electrons.